The number of anilines is 3. The quantitative estimate of drug-likeness (QED) is 0.240. The van der Waals surface area contributed by atoms with Crippen LogP contribution in [0.5, 0.6) is 0 Å². The van der Waals surface area contributed by atoms with Crippen LogP contribution in [0.4, 0.5) is 17.4 Å². The van der Waals surface area contributed by atoms with Crippen LogP contribution in [0.1, 0.15) is 0 Å². The van der Waals surface area contributed by atoms with E-state index in [-0.39, 0.29) is 0 Å². The molecule has 0 amide bonds. The van der Waals surface area contributed by atoms with Crippen molar-refractivity contribution in [3.63, 3.8) is 0 Å². The molecular weight excluding hydrogens is 480 g/mol. The van der Waals surface area contributed by atoms with Crippen LogP contribution in [0.25, 0.3) is 54.9 Å². The summed E-state index contributed by atoms with van der Waals surface area (Å²) in [5.41, 5.74) is 7.34. The Morgan fingerprint density at radius 3 is 2.21 bits per heavy atom. The Bertz CT molecular complexity index is 2140. The van der Waals surface area contributed by atoms with Crippen molar-refractivity contribution in [3.8, 4) is 11.1 Å². The number of para-hydroxylation sites is 2. The van der Waals surface area contributed by atoms with Gasteiger partial charge in [-0.05, 0) is 41.3 Å². The molecule has 39 heavy (non-hydrogen) atoms. The lowest BCUT2D eigenvalue weighted by molar-refractivity contribution is 0.611. The number of oxazole rings is 1. The van der Waals surface area contributed by atoms with E-state index in [1.807, 2.05) is 48.5 Å². The largest absolute Gasteiger partial charge is 0.456 e. The fraction of sp³-hybridized carbons (Fsp3) is 0. The van der Waals surface area contributed by atoms with Gasteiger partial charge < -0.3 is 8.83 Å². The molecular formula is C35H22N2O2. The minimum absolute atomic E-state index is 0.500. The number of hydrogen-bond acceptors (Lipinski definition) is 4. The number of rotatable bonds is 4. The van der Waals surface area contributed by atoms with Crippen LogP contribution in [-0.4, -0.2) is 4.98 Å². The molecule has 8 rings (SSSR count). The van der Waals surface area contributed by atoms with Gasteiger partial charge in [0.15, 0.2) is 5.58 Å². The predicted molar refractivity (Wildman–Crippen MR) is 159 cm³/mol. The van der Waals surface area contributed by atoms with Crippen molar-refractivity contribution in [2.75, 3.05) is 4.90 Å². The van der Waals surface area contributed by atoms with Gasteiger partial charge in [0.2, 0.25) is 0 Å². The van der Waals surface area contributed by atoms with Gasteiger partial charge in [-0.3, -0.25) is 4.90 Å². The first-order chi connectivity index (χ1) is 19.3. The molecule has 0 aliphatic heterocycles. The fourth-order valence-corrected chi connectivity index (χ4v) is 5.48. The standard InChI is InChI=1S/C35H22N2O2/c1-2-10-23(11-3-1)26-13-6-8-16-31(26)37(25-19-20-29-28-15-7-9-17-32(28)38-33(29)22-25)35-36-30-21-18-24-12-4-5-14-27(24)34(30)39-35/h1-22H. The third-order valence-electron chi connectivity index (χ3n) is 7.31. The highest BCUT2D eigenvalue weighted by Gasteiger charge is 2.23. The molecule has 2 heterocycles. The van der Waals surface area contributed by atoms with Crippen molar-refractivity contribution in [2.24, 2.45) is 0 Å². The summed E-state index contributed by atoms with van der Waals surface area (Å²) in [5, 5.41) is 4.34. The van der Waals surface area contributed by atoms with Crippen LogP contribution >= 0.6 is 0 Å². The molecule has 0 spiro atoms. The third-order valence-corrected chi connectivity index (χ3v) is 7.31. The van der Waals surface area contributed by atoms with E-state index in [0.29, 0.717) is 6.01 Å². The molecule has 8 aromatic rings. The van der Waals surface area contributed by atoms with Crippen molar-refractivity contribution in [1.82, 2.24) is 4.98 Å². The molecule has 0 aliphatic rings. The van der Waals surface area contributed by atoms with E-state index in [4.69, 9.17) is 13.8 Å². The Labute approximate surface area is 224 Å². The molecule has 0 radical (unpaired) electrons. The number of nitrogens with zero attached hydrogens (tertiary/aromatic N) is 2. The first-order valence-corrected chi connectivity index (χ1v) is 13.0. The normalized spacial score (nSPS) is 11.6. The van der Waals surface area contributed by atoms with E-state index in [1.54, 1.807) is 0 Å². The van der Waals surface area contributed by atoms with Gasteiger partial charge in [0.1, 0.15) is 16.7 Å². The van der Waals surface area contributed by atoms with Crippen LogP contribution in [0.15, 0.2) is 142 Å². The molecule has 4 nitrogen and oxygen atoms in total. The Morgan fingerprint density at radius 2 is 1.28 bits per heavy atom. The van der Waals surface area contributed by atoms with Crippen molar-refractivity contribution >= 4 is 61.2 Å². The molecule has 0 aliphatic carbocycles. The number of fused-ring (bicyclic) bond motifs is 6. The van der Waals surface area contributed by atoms with Crippen molar-refractivity contribution in [2.45, 2.75) is 0 Å². The molecule has 0 unspecified atom stereocenters. The minimum Gasteiger partial charge on any atom is -0.456 e. The second-order valence-corrected chi connectivity index (χ2v) is 9.63. The summed E-state index contributed by atoms with van der Waals surface area (Å²) in [4.78, 5) is 7.09. The number of aromatic nitrogens is 1. The van der Waals surface area contributed by atoms with Crippen LogP contribution in [0, 0.1) is 0 Å². The first-order valence-electron chi connectivity index (χ1n) is 13.0. The summed E-state index contributed by atoms with van der Waals surface area (Å²) in [6, 6.07) is 46.0. The third kappa shape index (κ3) is 3.50. The van der Waals surface area contributed by atoms with Gasteiger partial charge in [0, 0.05) is 27.8 Å². The zero-order chi connectivity index (χ0) is 25.8. The highest BCUT2D eigenvalue weighted by molar-refractivity contribution is 6.07. The molecule has 2 aromatic heterocycles. The van der Waals surface area contributed by atoms with Crippen LogP contribution in [0.3, 0.4) is 0 Å². The number of furan rings is 1. The molecule has 0 saturated heterocycles. The SMILES string of the molecule is c1ccc(-c2ccccc2N(c2ccc3c(c2)oc2ccccc23)c2nc3ccc4ccccc4c3o2)cc1. The smallest absolute Gasteiger partial charge is 0.307 e. The molecule has 0 saturated carbocycles. The molecule has 6 aromatic carbocycles. The molecule has 184 valence electrons. The van der Waals surface area contributed by atoms with E-state index in [1.165, 1.54) is 0 Å². The van der Waals surface area contributed by atoms with Crippen LogP contribution < -0.4 is 4.90 Å². The highest BCUT2D eigenvalue weighted by atomic mass is 16.4. The van der Waals surface area contributed by atoms with E-state index >= 15 is 0 Å². The molecule has 0 fully saturated rings. The highest BCUT2D eigenvalue weighted by Crippen LogP contribution is 2.43. The van der Waals surface area contributed by atoms with Gasteiger partial charge in [-0.25, -0.2) is 0 Å². The van der Waals surface area contributed by atoms with Gasteiger partial charge in [-0.15, -0.1) is 0 Å². The predicted octanol–water partition coefficient (Wildman–Crippen LogP) is 10.0. The Hall–Kier alpha value is -5.35. The first kappa shape index (κ1) is 21.7. The monoisotopic (exact) mass is 502 g/mol. The maximum absolute atomic E-state index is 6.60. The average Bonchev–Trinajstić information content (AvgIpc) is 3.59. The van der Waals surface area contributed by atoms with E-state index in [2.05, 4.69) is 89.8 Å². The molecule has 0 N–H and O–H groups in total. The summed E-state index contributed by atoms with van der Waals surface area (Å²) in [6.45, 7) is 0. The second-order valence-electron chi connectivity index (χ2n) is 9.63. The van der Waals surface area contributed by atoms with E-state index < -0.39 is 0 Å². The lowest BCUT2D eigenvalue weighted by atomic mass is 10.0. The average molecular weight is 503 g/mol. The molecule has 0 atom stereocenters. The van der Waals surface area contributed by atoms with Gasteiger partial charge in [-0.2, -0.15) is 4.98 Å². The van der Waals surface area contributed by atoms with Crippen molar-refractivity contribution < 1.29 is 8.83 Å². The Morgan fingerprint density at radius 1 is 0.538 bits per heavy atom. The molecule has 4 heteroatoms. The van der Waals surface area contributed by atoms with Crippen molar-refractivity contribution in [1.29, 1.82) is 0 Å². The lowest BCUT2D eigenvalue weighted by Crippen LogP contribution is -2.11. The summed E-state index contributed by atoms with van der Waals surface area (Å²) in [5.74, 6) is 0. The fourth-order valence-electron chi connectivity index (χ4n) is 5.48. The maximum atomic E-state index is 6.60. The van der Waals surface area contributed by atoms with Crippen LogP contribution in [-0.2, 0) is 0 Å². The minimum atomic E-state index is 0.500. The second kappa shape index (κ2) is 8.61. The Balaban J connectivity index is 1.40. The number of hydrogen-bond donors (Lipinski definition) is 0. The molecule has 0 bridgehead atoms. The zero-order valence-corrected chi connectivity index (χ0v) is 20.9. The van der Waals surface area contributed by atoms with Crippen molar-refractivity contribution in [3.05, 3.63) is 133 Å². The van der Waals surface area contributed by atoms with Gasteiger partial charge in [0.05, 0.1) is 11.4 Å². The van der Waals surface area contributed by atoms with Gasteiger partial charge >= 0.3 is 6.01 Å². The summed E-state index contributed by atoms with van der Waals surface area (Å²) in [6.07, 6.45) is 0. The van der Waals surface area contributed by atoms with Gasteiger partial charge in [0.25, 0.3) is 0 Å². The summed E-state index contributed by atoms with van der Waals surface area (Å²) in [7, 11) is 0. The van der Waals surface area contributed by atoms with Crippen LogP contribution in [0.2, 0.25) is 0 Å². The lowest BCUT2D eigenvalue weighted by Gasteiger charge is -2.24. The Kier molecular flexibility index (Phi) is 4.79. The summed E-state index contributed by atoms with van der Waals surface area (Å²) < 4.78 is 12.9. The topological polar surface area (TPSA) is 42.4 Å². The zero-order valence-electron chi connectivity index (χ0n) is 20.9. The summed E-state index contributed by atoms with van der Waals surface area (Å²) >= 11 is 0. The maximum Gasteiger partial charge on any atom is 0.307 e. The van der Waals surface area contributed by atoms with E-state index in [9.17, 15) is 0 Å². The number of benzene rings is 6. The van der Waals surface area contributed by atoms with E-state index in [0.717, 1.165) is 66.3 Å². The van der Waals surface area contributed by atoms with Gasteiger partial charge in [-0.1, -0.05) is 97.1 Å².